The van der Waals surface area contributed by atoms with Crippen molar-refractivity contribution in [2.75, 3.05) is 0 Å². The molecule has 0 aliphatic rings. The first-order valence-electron chi connectivity index (χ1n) is 5.64. The Morgan fingerprint density at radius 3 is 2.56 bits per heavy atom. The summed E-state index contributed by atoms with van der Waals surface area (Å²) in [6, 6.07) is 8.54. The van der Waals surface area contributed by atoms with Gasteiger partial charge in [0.05, 0.1) is 0 Å². The fourth-order valence-corrected chi connectivity index (χ4v) is 1.67. The summed E-state index contributed by atoms with van der Waals surface area (Å²) in [6.07, 6.45) is 3.57. The molecule has 0 bridgehead atoms. The number of phenolic OH excluding ortho intramolecular Hbond substituents is 1. The summed E-state index contributed by atoms with van der Waals surface area (Å²) >= 11 is 0. The van der Waals surface area contributed by atoms with Gasteiger partial charge < -0.3 is 9.52 Å². The third kappa shape index (κ3) is 2.88. The molecule has 0 saturated carbocycles. The second-order valence-corrected chi connectivity index (χ2v) is 4.24. The van der Waals surface area contributed by atoms with E-state index in [9.17, 15) is 9.90 Å². The molecule has 0 atom stereocenters. The van der Waals surface area contributed by atoms with Crippen molar-refractivity contribution in [3.05, 3.63) is 63.2 Å². The number of hydrogen-bond acceptors (Lipinski definition) is 3. The Morgan fingerprint density at radius 1 is 1.11 bits per heavy atom. The van der Waals surface area contributed by atoms with Crippen LogP contribution in [0.25, 0.3) is 12.2 Å². The van der Waals surface area contributed by atoms with E-state index in [2.05, 4.69) is 0 Å². The first kappa shape index (κ1) is 12.2. The van der Waals surface area contributed by atoms with Crippen LogP contribution in [0.3, 0.4) is 0 Å². The minimum absolute atomic E-state index is 0.272. The predicted octanol–water partition coefficient (Wildman–Crippen LogP) is 3.13. The van der Waals surface area contributed by atoms with Crippen LogP contribution in [-0.2, 0) is 0 Å². The van der Waals surface area contributed by atoms with Crippen LogP contribution in [-0.4, -0.2) is 5.11 Å². The van der Waals surface area contributed by atoms with Crippen LogP contribution in [0.15, 0.2) is 39.5 Å². The van der Waals surface area contributed by atoms with Crippen molar-refractivity contribution in [2.45, 2.75) is 13.8 Å². The molecule has 0 amide bonds. The van der Waals surface area contributed by atoms with E-state index in [-0.39, 0.29) is 11.4 Å². The van der Waals surface area contributed by atoms with Gasteiger partial charge in [0.1, 0.15) is 11.5 Å². The van der Waals surface area contributed by atoms with Crippen LogP contribution in [0.1, 0.15) is 22.5 Å². The summed E-state index contributed by atoms with van der Waals surface area (Å²) in [4.78, 5) is 11.2. The zero-order valence-electron chi connectivity index (χ0n) is 10.3. The molecule has 92 valence electrons. The molecular weight excluding hydrogens is 228 g/mol. The largest absolute Gasteiger partial charge is 0.508 e. The molecule has 2 rings (SSSR count). The van der Waals surface area contributed by atoms with Gasteiger partial charge in [-0.3, -0.25) is 0 Å². The molecule has 0 aliphatic carbocycles. The van der Waals surface area contributed by atoms with Crippen LogP contribution < -0.4 is 5.63 Å². The number of benzene rings is 1. The number of aromatic hydroxyl groups is 1. The van der Waals surface area contributed by atoms with E-state index in [1.165, 1.54) is 6.07 Å². The highest BCUT2D eigenvalue weighted by Crippen LogP contribution is 2.18. The van der Waals surface area contributed by atoms with Crippen LogP contribution in [0, 0.1) is 13.8 Å². The quantitative estimate of drug-likeness (QED) is 0.880. The molecule has 3 heteroatoms. The van der Waals surface area contributed by atoms with E-state index >= 15 is 0 Å². The van der Waals surface area contributed by atoms with Crippen molar-refractivity contribution in [3.63, 3.8) is 0 Å². The molecule has 1 N–H and O–H groups in total. The summed E-state index contributed by atoms with van der Waals surface area (Å²) in [7, 11) is 0. The first-order valence-corrected chi connectivity index (χ1v) is 5.64. The summed E-state index contributed by atoms with van der Waals surface area (Å²) in [6.45, 7) is 3.68. The lowest BCUT2D eigenvalue weighted by atomic mass is 10.1. The van der Waals surface area contributed by atoms with Gasteiger partial charge in [-0.05, 0) is 54.8 Å². The van der Waals surface area contributed by atoms with Gasteiger partial charge in [0.15, 0.2) is 0 Å². The van der Waals surface area contributed by atoms with Crippen LogP contribution in [0.4, 0.5) is 0 Å². The second kappa shape index (κ2) is 4.92. The zero-order chi connectivity index (χ0) is 13.1. The van der Waals surface area contributed by atoms with E-state index in [0.29, 0.717) is 5.76 Å². The number of phenols is 1. The van der Waals surface area contributed by atoms with Gasteiger partial charge in [-0.25, -0.2) is 4.79 Å². The van der Waals surface area contributed by atoms with Gasteiger partial charge in [-0.15, -0.1) is 0 Å². The number of hydrogen-bond donors (Lipinski definition) is 1. The van der Waals surface area contributed by atoms with Crippen molar-refractivity contribution < 1.29 is 9.52 Å². The topological polar surface area (TPSA) is 50.4 Å². The molecule has 0 saturated heterocycles. The molecule has 1 aromatic heterocycles. The Balaban J connectivity index is 2.29. The van der Waals surface area contributed by atoms with Crippen molar-refractivity contribution >= 4 is 12.2 Å². The fraction of sp³-hybridized carbons (Fsp3) is 0.133. The van der Waals surface area contributed by atoms with E-state index in [0.717, 1.165) is 16.7 Å². The summed E-state index contributed by atoms with van der Waals surface area (Å²) in [5.41, 5.74) is 2.27. The predicted molar refractivity (Wildman–Crippen MR) is 71.5 cm³/mol. The molecule has 18 heavy (non-hydrogen) atoms. The Bertz CT molecular complexity index is 651. The monoisotopic (exact) mass is 242 g/mol. The SMILES string of the molecule is Cc1cc(/C=C/c2ccc(O)c(C)c2)oc(=O)c1. The maximum absolute atomic E-state index is 11.2. The lowest BCUT2D eigenvalue weighted by molar-refractivity contribution is 0.471. The van der Waals surface area contributed by atoms with E-state index in [4.69, 9.17) is 4.42 Å². The van der Waals surface area contributed by atoms with Crippen LogP contribution in [0.2, 0.25) is 0 Å². The molecule has 0 radical (unpaired) electrons. The average Bonchev–Trinajstić information content (AvgIpc) is 2.29. The lowest BCUT2D eigenvalue weighted by Gasteiger charge is -1.99. The Morgan fingerprint density at radius 2 is 1.89 bits per heavy atom. The van der Waals surface area contributed by atoms with E-state index in [1.807, 2.05) is 26.0 Å². The summed E-state index contributed by atoms with van der Waals surface area (Å²) in [5.74, 6) is 0.792. The highest BCUT2D eigenvalue weighted by Gasteiger charge is 1.97. The van der Waals surface area contributed by atoms with Gasteiger partial charge in [0, 0.05) is 6.07 Å². The maximum atomic E-state index is 11.2. The zero-order valence-corrected chi connectivity index (χ0v) is 10.3. The van der Waals surface area contributed by atoms with Crippen LogP contribution in [0.5, 0.6) is 5.75 Å². The Kier molecular flexibility index (Phi) is 3.33. The van der Waals surface area contributed by atoms with Crippen LogP contribution >= 0.6 is 0 Å². The number of rotatable bonds is 2. The van der Waals surface area contributed by atoms with Crippen molar-refractivity contribution in [1.29, 1.82) is 0 Å². The third-order valence-corrected chi connectivity index (χ3v) is 2.59. The van der Waals surface area contributed by atoms with Gasteiger partial charge >= 0.3 is 5.63 Å². The Labute approximate surface area is 105 Å². The molecule has 1 heterocycles. The fourth-order valence-electron chi connectivity index (χ4n) is 1.67. The second-order valence-electron chi connectivity index (χ2n) is 4.24. The van der Waals surface area contributed by atoms with Gasteiger partial charge in [-0.2, -0.15) is 0 Å². The molecule has 0 aliphatic heterocycles. The molecule has 0 unspecified atom stereocenters. The highest BCUT2D eigenvalue weighted by atomic mass is 16.4. The first-order chi connectivity index (χ1) is 8.54. The normalized spacial score (nSPS) is 11.0. The van der Waals surface area contributed by atoms with Gasteiger partial charge in [0.25, 0.3) is 0 Å². The minimum Gasteiger partial charge on any atom is -0.508 e. The molecule has 0 spiro atoms. The van der Waals surface area contributed by atoms with E-state index < -0.39 is 0 Å². The smallest absolute Gasteiger partial charge is 0.336 e. The summed E-state index contributed by atoms with van der Waals surface area (Å²) in [5, 5.41) is 9.42. The maximum Gasteiger partial charge on any atom is 0.336 e. The molecular formula is C15H14O3. The molecule has 2 aromatic rings. The molecule has 3 nitrogen and oxygen atoms in total. The van der Waals surface area contributed by atoms with Gasteiger partial charge in [0.2, 0.25) is 0 Å². The Hall–Kier alpha value is -2.29. The average molecular weight is 242 g/mol. The minimum atomic E-state index is -0.350. The number of aryl methyl sites for hydroxylation is 2. The van der Waals surface area contributed by atoms with Crippen molar-refractivity contribution in [1.82, 2.24) is 0 Å². The highest BCUT2D eigenvalue weighted by molar-refractivity contribution is 5.68. The van der Waals surface area contributed by atoms with Crippen molar-refractivity contribution in [3.8, 4) is 5.75 Å². The third-order valence-electron chi connectivity index (χ3n) is 2.59. The summed E-state index contributed by atoms with van der Waals surface area (Å²) < 4.78 is 5.04. The van der Waals surface area contributed by atoms with Crippen molar-refractivity contribution in [2.24, 2.45) is 0 Å². The standard InChI is InChI=1S/C15H14O3/c1-10-7-13(18-15(17)8-10)5-3-12-4-6-14(16)11(2)9-12/h3-9,16H,1-2H3/b5-3+. The molecule has 0 fully saturated rings. The lowest BCUT2D eigenvalue weighted by Crippen LogP contribution is -1.97. The van der Waals surface area contributed by atoms with Gasteiger partial charge in [-0.1, -0.05) is 12.1 Å². The van der Waals surface area contributed by atoms with E-state index in [1.54, 1.807) is 24.3 Å². The molecule has 1 aromatic carbocycles.